The zero-order chi connectivity index (χ0) is 20.4. The van der Waals surface area contributed by atoms with E-state index in [1.165, 1.54) is 32.1 Å². The molecule has 1 aromatic heterocycles. The van der Waals surface area contributed by atoms with Gasteiger partial charge in [-0.3, -0.25) is 9.48 Å². The van der Waals surface area contributed by atoms with Crippen molar-refractivity contribution < 1.29 is 9.90 Å². The molecule has 4 saturated carbocycles. The number of carbonyl (C=O) groups is 1. The van der Waals surface area contributed by atoms with Crippen molar-refractivity contribution in [2.45, 2.75) is 84.3 Å². The van der Waals surface area contributed by atoms with E-state index in [2.05, 4.69) is 18.9 Å². The van der Waals surface area contributed by atoms with Gasteiger partial charge in [0.1, 0.15) is 0 Å². The standard InChI is InChI=1S/C25H38N2O2/c1-16-13-19-17(18-7-9-24(2,29)14-20(16)18)8-10-25(3)21(19)5-6-22(25)23(28)15-27-12-4-11-26-27/h4,11-12,16-22,29H,5-10,13-15H2,1-3H3/t16-,17-,18-,19-,20+,21+,22-,24-,25+/m1/s1. The zero-order valence-electron chi connectivity index (χ0n) is 18.4. The van der Waals surface area contributed by atoms with Gasteiger partial charge in [0.2, 0.25) is 0 Å². The van der Waals surface area contributed by atoms with Crippen molar-refractivity contribution in [2.75, 3.05) is 0 Å². The maximum atomic E-state index is 13.2. The number of ketones is 1. The molecule has 9 atom stereocenters. The lowest BCUT2D eigenvalue weighted by atomic mass is 9.47. The minimum Gasteiger partial charge on any atom is -0.390 e. The molecule has 0 saturated heterocycles. The monoisotopic (exact) mass is 398 g/mol. The molecule has 0 amide bonds. The van der Waals surface area contributed by atoms with E-state index in [9.17, 15) is 9.90 Å². The van der Waals surface area contributed by atoms with E-state index in [-0.39, 0.29) is 11.3 Å². The molecule has 0 spiro atoms. The smallest absolute Gasteiger partial charge is 0.157 e. The van der Waals surface area contributed by atoms with E-state index in [0.29, 0.717) is 30.1 Å². The van der Waals surface area contributed by atoms with Crippen molar-refractivity contribution in [2.24, 2.45) is 46.8 Å². The van der Waals surface area contributed by atoms with Crippen LogP contribution in [-0.2, 0) is 11.3 Å². The van der Waals surface area contributed by atoms with Gasteiger partial charge in [-0.2, -0.15) is 5.10 Å². The fraction of sp³-hybridized carbons (Fsp3) is 0.840. The normalized spacial score (nSPS) is 49.2. The molecule has 4 nitrogen and oxygen atoms in total. The summed E-state index contributed by atoms with van der Waals surface area (Å²) in [5.74, 6) is 5.12. The molecule has 1 heterocycles. The van der Waals surface area contributed by atoms with Crippen LogP contribution in [0, 0.1) is 46.8 Å². The largest absolute Gasteiger partial charge is 0.390 e. The van der Waals surface area contributed by atoms with E-state index in [1.54, 1.807) is 10.9 Å². The molecular formula is C25H38N2O2. The number of carbonyl (C=O) groups excluding carboxylic acids is 1. The lowest BCUT2D eigenvalue weighted by Crippen LogP contribution is -2.53. The maximum absolute atomic E-state index is 13.2. The third kappa shape index (κ3) is 3.21. The summed E-state index contributed by atoms with van der Waals surface area (Å²) >= 11 is 0. The van der Waals surface area contributed by atoms with Gasteiger partial charge in [0.15, 0.2) is 5.78 Å². The second-order valence-electron chi connectivity index (χ2n) is 11.6. The van der Waals surface area contributed by atoms with Crippen LogP contribution in [0.5, 0.6) is 0 Å². The third-order valence-electron chi connectivity index (χ3n) is 9.92. The van der Waals surface area contributed by atoms with Crippen LogP contribution < -0.4 is 0 Å². The highest BCUT2D eigenvalue weighted by Crippen LogP contribution is 2.65. The molecule has 0 bridgehead atoms. The number of aromatic nitrogens is 2. The zero-order valence-corrected chi connectivity index (χ0v) is 18.4. The predicted octanol–water partition coefficient (Wildman–Crippen LogP) is 4.72. The molecular weight excluding hydrogens is 360 g/mol. The van der Waals surface area contributed by atoms with Crippen molar-refractivity contribution >= 4 is 5.78 Å². The highest BCUT2D eigenvalue weighted by atomic mass is 16.3. The molecule has 5 rings (SSSR count). The first-order chi connectivity index (χ1) is 13.8. The van der Waals surface area contributed by atoms with Crippen LogP contribution in [-0.4, -0.2) is 26.3 Å². The van der Waals surface area contributed by atoms with E-state index >= 15 is 0 Å². The first-order valence-corrected chi connectivity index (χ1v) is 12.0. The Balaban J connectivity index is 1.35. The Hall–Kier alpha value is -1.16. The van der Waals surface area contributed by atoms with Crippen molar-refractivity contribution in [1.29, 1.82) is 0 Å². The van der Waals surface area contributed by atoms with Crippen LogP contribution in [0.15, 0.2) is 18.5 Å². The van der Waals surface area contributed by atoms with Crippen molar-refractivity contribution in [3.05, 3.63) is 18.5 Å². The number of aliphatic hydroxyl groups is 1. The number of fused-ring (bicyclic) bond motifs is 5. The van der Waals surface area contributed by atoms with E-state index in [0.717, 1.165) is 37.0 Å². The van der Waals surface area contributed by atoms with Gasteiger partial charge in [-0.15, -0.1) is 0 Å². The Labute approximate surface area is 175 Å². The highest BCUT2D eigenvalue weighted by molar-refractivity contribution is 5.82. The number of rotatable bonds is 3. The fourth-order valence-electron chi connectivity index (χ4n) is 8.59. The van der Waals surface area contributed by atoms with Crippen LogP contribution in [0.3, 0.4) is 0 Å². The van der Waals surface area contributed by atoms with E-state index < -0.39 is 5.60 Å². The van der Waals surface area contributed by atoms with Crippen LogP contribution in [0.1, 0.15) is 72.1 Å². The minimum atomic E-state index is -0.456. The molecule has 0 radical (unpaired) electrons. The van der Waals surface area contributed by atoms with Gasteiger partial charge in [0, 0.05) is 18.3 Å². The number of hydrogen-bond acceptors (Lipinski definition) is 3. The van der Waals surface area contributed by atoms with Gasteiger partial charge in [-0.05, 0) is 105 Å². The van der Waals surface area contributed by atoms with Gasteiger partial charge in [0.25, 0.3) is 0 Å². The van der Waals surface area contributed by atoms with Crippen molar-refractivity contribution in [1.82, 2.24) is 9.78 Å². The minimum absolute atomic E-state index is 0.179. The maximum Gasteiger partial charge on any atom is 0.157 e. The van der Waals surface area contributed by atoms with Crippen LogP contribution in [0.25, 0.3) is 0 Å². The second-order valence-corrected chi connectivity index (χ2v) is 11.6. The Kier molecular flexibility index (Phi) is 4.73. The summed E-state index contributed by atoms with van der Waals surface area (Å²) in [6.07, 6.45) is 12.9. The third-order valence-corrected chi connectivity index (χ3v) is 9.92. The number of hydrogen-bond donors (Lipinski definition) is 1. The average molecular weight is 399 g/mol. The first kappa shape index (κ1) is 19.8. The molecule has 4 fully saturated rings. The molecule has 4 aliphatic rings. The van der Waals surface area contributed by atoms with Gasteiger partial charge in [-0.25, -0.2) is 0 Å². The quantitative estimate of drug-likeness (QED) is 0.802. The molecule has 29 heavy (non-hydrogen) atoms. The predicted molar refractivity (Wildman–Crippen MR) is 113 cm³/mol. The van der Waals surface area contributed by atoms with Crippen molar-refractivity contribution in [3.8, 4) is 0 Å². The van der Waals surface area contributed by atoms with Crippen molar-refractivity contribution in [3.63, 3.8) is 0 Å². The summed E-state index contributed by atoms with van der Waals surface area (Å²) in [6.45, 7) is 7.36. The van der Waals surface area contributed by atoms with E-state index in [1.807, 2.05) is 19.2 Å². The van der Waals surface area contributed by atoms with Gasteiger partial charge >= 0.3 is 0 Å². The summed E-state index contributed by atoms with van der Waals surface area (Å²) in [5.41, 5.74) is -0.277. The first-order valence-electron chi connectivity index (χ1n) is 12.0. The lowest BCUT2D eigenvalue weighted by Gasteiger charge is -2.58. The Morgan fingerprint density at radius 1 is 1.10 bits per heavy atom. The van der Waals surface area contributed by atoms with Crippen LogP contribution in [0.4, 0.5) is 0 Å². The van der Waals surface area contributed by atoms with Gasteiger partial charge < -0.3 is 5.11 Å². The van der Waals surface area contributed by atoms with Crippen LogP contribution >= 0.6 is 0 Å². The Morgan fingerprint density at radius 2 is 1.86 bits per heavy atom. The fourth-order valence-corrected chi connectivity index (χ4v) is 8.59. The summed E-state index contributed by atoms with van der Waals surface area (Å²) in [6, 6.07) is 1.90. The topological polar surface area (TPSA) is 55.1 Å². The molecule has 0 aliphatic heterocycles. The molecule has 0 aromatic carbocycles. The molecule has 1 aromatic rings. The summed E-state index contributed by atoms with van der Waals surface area (Å²) in [4.78, 5) is 13.2. The van der Waals surface area contributed by atoms with Crippen LogP contribution in [0.2, 0.25) is 0 Å². The number of nitrogens with zero attached hydrogens (tertiary/aromatic N) is 2. The Morgan fingerprint density at radius 3 is 2.62 bits per heavy atom. The average Bonchev–Trinajstić information content (AvgIpc) is 3.28. The van der Waals surface area contributed by atoms with Gasteiger partial charge in [-0.1, -0.05) is 13.8 Å². The second kappa shape index (κ2) is 6.93. The van der Waals surface area contributed by atoms with E-state index in [4.69, 9.17) is 0 Å². The SMILES string of the molecule is C[C@@H]1C[C@@H]2[C@H](CC[C@]3(C)[C@@H](C(=O)Cn4cccn4)CC[C@@H]23)[C@H]2CC[C@@](C)(O)C[C@H]21. The summed E-state index contributed by atoms with van der Waals surface area (Å²) < 4.78 is 1.80. The molecule has 4 heteroatoms. The lowest BCUT2D eigenvalue weighted by molar-refractivity contribution is -0.136. The molecule has 4 aliphatic carbocycles. The highest BCUT2D eigenvalue weighted by Gasteiger charge is 2.59. The molecule has 160 valence electrons. The number of Topliss-reactive ketones (excluding diaryl/α,β-unsaturated/α-hetero) is 1. The molecule has 1 N–H and O–H groups in total. The summed E-state index contributed by atoms with van der Waals surface area (Å²) in [7, 11) is 0. The molecule has 0 unspecified atom stereocenters. The summed E-state index contributed by atoms with van der Waals surface area (Å²) in [5, 5.41) is 14.9. The Bertz CT molecular complexity index is 757. The van der Waals surface area contributed by atoms with Gasteiger partial charge in [0.05, 0.1) is 12.1 Å².